The van der Waals surface area contributed by atoms with Gasteiger partial charge in [-0.15, -0.1) is 0 Å². The number of hydrogen-bond acceptors (Lipinski definition) is 15. The largest absolute Gasteiger partial charge is 0.355 e. The lowest BCUT2D eigenvalue weighted by atomic mass is 9.70. The van der Waals surface area contributed by atoms with Crippen molar-refractivity contribution in [3.8, 4) is 0 Å². The number of isothiocyanates is 1. The fraction of sp³-hybridized carbons (Fsp3) is 0.478. The number of allylic oxidation sites excluding steroid dienone is 8. The summed E-state index contributed by atoms with van der Waals surface area (Å²) in [6.07, 6.45) is 8.60. The van der Waals surface area contributed by atoms with Crippen LogP contribution < -0.4 is 15.5 Å². The number of carbonyl (C=O) groups is 2. The first-order valence-corrected chi connectivity index (χ1v) is 31.1. The summed E-state index contributed by atoms with van der Waals surface area (Å²) in [4.78, 5) is 34.2. The van der Waals surface area contributed by atoms with Gasteiger partial charge in [-0.1, -0.05) is 32.1 Å². The molecule has 0 saturated carbocycles. The van der Waals surface area contributed by atoms with E-state index in [2.05, 4.69) is 33.0 Å². The standard InChI is InChI=1S/C46H59N5O17S6/c1-44(2)36-27-34(73(63,64)65)12-14-38(36)50(21-5-7-23-70(54,55)56)40(44)16-10-32-26-33(30-46(29-32,42(52)48-19-9-18-47-31-69)43(53)49-20-25-72(60,61)62)11-17-41-45(3,4)37-28-35(74(66,67)68)13-15-39(37)51(41)22-6-8-24-71(57,58)59/h10-17,26-28H,5-9,18-25,29-30H2,1-4H3,(H6-,48,49,52,53,54,55,56,57,58,59,60,61,62,63,64,65,66,67,68)/p+1. The molecule has 3 aliphatic rings. The Bertz CT molecular complexity index is 3360. The van der Waals surface area contributed by atoms with Gasteiger partial charge in [0.25, 0.3) is 50.6 Å². The zero-order valence-electron chi connectivity index (χ0n) is 40.9. The first-order valence-electron chi connectivity index (χ1n) is 23.0. The van der Waals surface area contributed by atoms with Crippen molar-refractivity contribution in [2.75, 3.05) is 54.9 Å². The minimum atomic E-state index is -4.66. The molecule has 2 aromatic carbocycles. The molecule has 1 unspecified atom stereocenters. The van der Waals surface area contributed by atoms with E-state index in [9.17, 15) is 74.4 Å². The molecule has 74 heavy (non-hydrogen) atoms. The quantitative estimate of drug-likeness (QED) is 0.0191. The van der Waals surface area contributed by atoms with Gasteiger partial charge in [0.2, 0.25) is 17.5 Å². The van der Waals surface area contributed by atoms with Gasteiger partial charge in [0.05, 0.1) is 44.2 Å². The van der Waals surface area contributed by atoms with E-state index >= 15 is 0 Å². The maximum atomic E-state index is 14.7. The number of carbonyl (C=O) groups excluding carboxylic acids is 2. The lowest BCUT2D eigenvalue weighted by molar-refractivity contribution is -0.438. The monoisotopic (exact) mass is 1150 g/mol. The maximum Gasteiger partial charge on any atom is 0.294 e. The number of anilines is 1. The number of thiocarbonyl (C=S) groups is 1. The van der Waals surface area contributed by atoms with Crippen molar-refractivity contribution in [3.05, 3.63) is 94.7 Å². The second-order valence-electron chi connectivity index (χ2n) is 19.1. The van der Waals surface area contributed by atoms with Crippen molar-refractivity contribution in [2.24, 2.45) is 10.4 Å². The van der Waals surface area contributed by atoms with Gasteiger partial charge in [-0.25, -0.2) is 4.99 Å². The molecule has 406 valence electrons. The van der Waals surface area contributed by atoms with Crippen molar-refractivity contribution < 1.29 is 79.0 Å². The number of rotatable bonds is 24. The van der Waals surface area contributed by atoms with Crippen molar-refractivity contribution in [1.29, 1.82) is 0 Å². The van der Waals surface area contributed by atoms with E-state index in [4.69, 9.17) is 0 Å². The van der Waals surface area contributed by atoms with Gasteiger partial charge >= 0.3 is 0 Å². The number of nitrogens with zero attached hydrogens (tertiary/aromatic N) is 3. The topological polar surface area (TPSA) is 349 Å². The SMILES string of the molecule is CC1(C)C(/C=C/C2=CC(=C/C=C3/N(CCCCS(=O)(=O)O)c4ccc(S(=O)(=O)O)cc4C3(C)C)/CC(C(=O)NCCCN=C=S)(C(=O)NCCS(=O)(=O)O)C2)=[N+](CCCCS(=O)(=O)O)c2ccc(S(=O)(=O)O)cc21. The molecule has 2 amide bonds. The van der Waals surface area contributed by atoms with Crippen LogP contribution in [0.4, 0.5) is 11.4 Å². The third-order valence-corrected chi connectivity index (χ3v) is 17.2. The molecule has 7 N–H and O–H groups in total. The van der Waals surface area contributed by atoms with Crippen LogP contribution in [-0.4, -0.2) is 142 Å². The molecule has 0 spiro atoms. The lowest BCUT2D eigenvalue weighted by Gasteiger charge is -2.35. The summed E-state index contributed by atoms with van der Waals surface area (Å²) in [5, 5.41) is 7.52. The number of amides is 2. The molecule has 0 aromatic heterocycles. The fourth-order valence-electron chi connectivity index (χ4n) is 9.37. The molecule has 0 radical (unpaired) electrons. The van der Waals surface area contributed by atoms with Gasteiger partial charge < -0.3 is 15.5 Å². The molecule has 0 bridgehead atoms. The minimum Gasteiger partial charge on any atom is -0.355 e. The number of hydrogen-bond donors (Lipinski definition) is 7. The minimum absolute atomic E-state index is 0.0182. The summed E-state index contributed by atoms with van der Waals surface area (Å²) in [6.45, 7) is 7.10. The van der Waals surface area contributed by atoms with E-state index in [0.29, 0.717) is 45.1 Å². The van der Waals surface area contributed by atoms with Crippen LogP contribution in [0.3, 0.4) is 0 Å². The Kier molecular flexibility index (Phi) is 18.8. The summed E-state index contributed by atoms with van der Waals surface area (Å²) in [6, 6.07) is 8.05. The van der Waals surface area contributed by atoms with Crippen LogP contribution >= 0.6 is 12.2 Å². The van der Waals surface area contributed by atoms with Crippen LogP contribution in [0, 0.1) is 5.41 Å². The summed E-state index contributed by atoms with van der Waals surface area (Å²) in [5.41, 5.74) is -0.231. The van der Waals surface area contributed by atoms with E-state index in [-0.39, 0.29) is 80.9 Å². The third kappa shape index (κ3) is 15.2. The lowest BCUT2D eigenvalue weighted by Crippen LogP contribution is -2.53. The predicted molar refractivity (Wildman–Crippen MR) is 279 cm³/mol. The van der Waals surface area contributed by atoms with Gasteiger partial charge in [-0.05, 0) is 118 Å². The van der Waals surface area contributed by atoms with Gasteiger partial charge in [-0.2, -0.15) is 46.7 Å². The molecule has 0 saturated heterocycles. The van der Waals surface area contributed by atoms with Crippen LogP contribution in [0.15, 0.2) is 98.4 Å². The average molecular weight is 1150 g/mol. The van der Waals surface area contributed by atoms with Gasteiger partial charge in [0.1, 0.15) is 12.0 Å². The molecular formula is C46H60N5O17S6+. The summed E-state index contributed by atoms with van der Waals surface area (Å²) >= 11 is 4.65. The molecule has 1 aliphatic carbocycles. The van der Waals surface area contributed by atoms with Crippen LogP contribution in [0.5, 0.6) is 0 Å². The van der Waals surface area contributed by atoms with Crippen LogP contribution in [0.25, 0.3) is 0 Å². The summed E-state index contributed by atoms with van der Waals surface area (Å²) < 4.78 is 169. The molecule has 5 rings (SSSR count). The molecule has 22 nitrogen and oxygen atoms in total. The number of unbranched alkanes of at least 4 members (excludes halogenated alkanes) is 2. The average Bonchev–Trinajstić information content (AvgIpc) is 3.62. The number of aliphatic imine (C=N–C) groups is 1. The molecular weight excluding hydrogens is 1090 g/mol. The molecule has 28 heteroatoms. The predicted octanol–water partition coefficient (Wildman–Crippen LogP) is 4.38. The number of benzene rings is 2. The van der Waals surface area contributed by atoms with Crippen molar-refractivity contribution in [3.63, 3.8) is 0 Å². The molecule has 0 fully saturated rings. The normalized spacial score (nSPS) is 19.9. The summed E-state index contributed by atoms with van der Waals surface area (Å²) in [7, 11) is -22.5. The zero-order chi connectivity index (χ0) is 55.3. The maximum absolute atomic E-state index is 14.7. The van der Waals surface area contributed by atoms with E-state index in [1.165, 1.54) is 36.4 Å². The van der Waals surface area contributed by atoms with E-state index in [0.717, 1.165) is 0 Å². The fourth-order valence-corrected chi connectivity index (χ4v) is 12.0. The summed E-state index contributed by atoms with van der Waals surface area (Å²) in [5.74, 6) is -3.61. The Morgan fingerprint density at radius 3 is 1.85 bits per heavy atom. The third-order valence-electron chi connectivity index (χ3n) is 13.0. The van der Waals surface area contributed by atoms with E-state index in [1.807, 2.05) is 9.48 Å². The molecule has 1 atom stereocenters. The first kappa shape index (κ1) is 60.0. The number of nitrogens with one attached hydrogen (secondary N) is 2. The Hall–Kier alpha value is -4.84. The number of fused-ring (bicyclic) bond motifs is 2. The Morgan fingerprint density at radius 2 is 1.27 bits per heavy atom. The molecule has 2 aromatic rings. The van der Waals surface area contributed by atoms with Crippen LogP contribution in [0.2, 0.25) is 0 Å². The molecule has 2 heterocycles. The Balaban J connectivity index is 1.72. The Labute approximate surface area is 437 Å². The van der Waals surface area contributed by atoms with Crippen molar-refractivity contribution >= 4 is 96.9 Å². The Morgan fingerprint density at radius 1 is 0.703 bits per heavy atom. The van der Waals surface area contributed by atoms with Gasteiger partial charge in [0.15, 0.2) is 5.71 Å². The van der Waals surface area contributed by atoms with Crippen LogP contribution in [-0.2, 0) is 71.0 Å². The highest BCUT2D eigenvalue weighted by atomic mass is 32.2. The highest BCUT2D eigenvalue weighted by Crippen LogP contribution is 2.49. The van der Waals surface area contributed by atoms with Crippen molar-refractivity contribution in [1.82, 2.24) is 10.6 Å². The van der Waals surface area contributed by atoms with Gasteiger partial charge in [0, 0.05) is 60.6 Å². The smallest absolute Gasteiger partial charge is 0.294 e. The zero-order valence-corrected chi connectivity index (χ0v) is 45.8. The highest BCUT2D eigenvalue weighted by Gasteiger charge is 2.49. The second kappa shape index (κ2) is 23.2. The van der Waals surface area contributed by atoms with Crippen molar-refractivity contribution in [2.45, 2.75) is 93.3 Å². The first-order chi connectivity index (χ1) is 34.1. The van der Waals surface area contributed by atoms with Crippen LogP contribution in [0.1, 0.15) is 83.8 Å². The van der Waals surface area contributed by atoms with E-state index in [1.54, 1.807) is 58.1 Å². The highest BCUT2D eigenvalue weighted by molar-refractivity contribution is 7.86. The van der Waals surface area contributed by atoms with E-state index < -0.39 is 102 Å². The second-order valence-corrected chi connectivity index (χ2v) is 26.9. The van der Waals surface area contributed by atoms with Gasteiger partial charge in [-0.3, -0.25) is 32.4 Å². The molecule has 2 aliphatic heterocycles.